The van der Waals surface area contributed by atoms with Crippen molar-refractivity contribution < 1.29 is 4.92 Å². The number of hydrogen-bond acceptors (Lipinski definition) is 3. The van der Waals surface area contributed by atoms with Crippen LogP contribution in [0, 0.1) is 10.1 Å². The molecule has 0 fully saturated rings. The van der Waals surface area contributed by atoms with E-state index in [9.17, 15) is 10.1 Å². The molecule has 4 nitrogen and oxygen atoms in total. The topological polar surface area (TPSA) is 69.2 Å². The van der Waals surface area contributed by atoms with E-state index in [-0.39, 0.29) is 10.6 Å². The van der Waals surface area contributed by atoms with Gasteiger partial charge >= 0.3 is 0 Å². The zero-order valence-corrected chi connectivity index (χ0v) is 12.8. The fourth-order valence-electron chi connectivity index (χ4n) is 3.15. The second-order valence-electron chi connectivity index (χ2n) is 5.72. The fourth-order valence-corrected chi connectivity index (χ4v) is 3.15. The number of nitrogens with two attached hydrogens (primary N) is 1. The lowest BCUT2D eigenvalue weighted by atomic mass is 10.00. The molecule has 1 aliphatic carbocycles. The maximum Gasteiger partial charge on any atom is 0.270 e. The predicted octanol–water partition coefficient (Wildman–Crippen LogP) is 4.75. The van der Waals surface area contributed by atoms with E-state index in [0.29, 0.717) is 5.69 Å². The molecule has 3 aromatic carbocycles. The van der Waals surface area contributed by atoms with Crippen molar-refractivity contribution >= 4 is 23.0 Å². The molecule has 4 heteroatoms. The van der Waals surface area contributed by atoms with Crippen LogP contribution in [-0.4, -0.2) is 4.92 Å². The van der Waals surface area contributed by atoms with E-state index >= 15 is 0 Å². The second kappa shape index (κ2) is 5.35. The Morgan fingerprint density at radius 1 is 0.833 bits per heavy atom. The van der Waals surface area contributed by atoms with E-state index in [4.69, 9.17) is 5.73 Å². The maximum atomic E-state index is 11.2. The summed E-state index contributed by atoms with van der Waals surface area (Å²) >= 11 is 0. The number of anilines is 1. The number of nitro benzene ring substituents is 1. The summed E-state index contributed by atoms with van der Waals surface area (Å²) < 4.78 is 0. The van der Waals surface area contributed by atoms with Gasteiger partial charge in [0.2, 0.25) is 0 Å². The Hall–Kier alpha value is -3.40. The molecular weight excluding hydrogens is 300 g/mol. The average Bonchev–Trinajstić information content (AvgIpc) is 2.90. The summed E-state index contributed by atoms with van der Waals surface area (Å²) in [5.74, 6) is 0. The first-order valence-electron chi connectivity index (χ1n) is 7.60. The van der Waals surface area contributed by atoms with Crippen LogP contribution in [-0.2, 0) is 0 Å². The Kier molecular flexibility index (Phi) is 3.17. The summed E-state index contributed by atoms with van der Waals surface area (Å²) in [7, 11) is 0. The molecule has 4 rings (SSSR count). The lowest BCUT2D eigenvalue weighted by Crippen LogP contribution is -1.91. The van der Waals surface area contributed by atoms with Crippen LogP contribution < -0.4 is 5.73 Å². The van der Waals surface area contributed by atoms with Crippen LogP contribution >= 0.6 is 0 Å². The number of nitro groups is 1. The van der Waals surface area contributed by atoms with Crippen LogP contribution in [0.15, 0.2) is 66.7 Å². The summed E-state index contributed by atoms with van der Waals surface area (Å²) in [5.41, 5.74) is 12.7. The van der Waals surface area contributed by atoms with Gasteiger partial charge in [-0.25, -0.2) is 0 Å². The zero-order chi connectivity index (χ0) is 16.7. The third-order valence-electron chi connectivity index (χ3n) is 4.31. The normalized spacial score (nSPS) is 13.6. The number of fused-ring (bicyclic) bond motifs is 3. The van der Waals surface area contributed by atoms with E-state index in [1.165, 1.54) is 0 Å². The molecule has 0 saturated carbocycles. The number of non-ortho nitro benzene ring substituents is 1. The predicted molar refractivity (Wildman–Crippen MR) is 96.4 cm³/mol. The fraction of sp³-hybridized carbons (Fsp3) is 0. The highest BCUT2D eigenvalue weighted by atomic mass is 16.6. The third kappa shape index (κ3) is 2.16. The quantitative estimate of drug-likeness (QED) is 0.330. The van der Waals surface area contributed by atoms with Gasteiger partial charge in [0.1, 0.15) is 0 Å². The van der Waals surface area contributed by atoms with E-state index in [0.717, 1.165) is 33.4 Å². The van der Waals surface area contributed by atoms with Gasteiger partial charge in [-0.2, -0.15) is 0 Å². The molecule has 0 amide bonds. The van der Waals surface area contributed by atoms with Gasteiger partial charge in [0, 0.05) is 17.8 Å². The van der Waals surface area contributed by atoms with E-state index in [2.05, 4.69) is 0 Å². The Morgan fingerprint density at radius 3 is 2.25 bits per heavy atom. The molecule has 0 unspecified atom stereocenters. The summed E-state index contributed by atoms with van der Waals surface area (Å²) in [6.45, 7) is 0. The first-order valence-corrected chi connectivity index (χ1v) is 7.60. The minimum atomic E-state index is -0.363. The van der Waals surface area contributed by atoms with Gasteiger partial charge in [-0.15, -0.1) is 0 Å². The molecule has 0 atom stereocenters. The minimum absolute atomic E-state index is 0.0912. The van der Waals surface area contributed by atoms with Crippen LogP contribution in [0.3, 0.4) is 0 Å². The van der Waals surface area contributed by atoms with Crippen LogP contribution in [0.4, 0.5) is 11.4 Å². The lowest BCUT2D eigenvalue weighted by molar-refractivity contribution is -0.384. The number of nitrogens with zero attached hydrogens (tertiary/aromatic N) is 1. The van der Waals surface area contributed by atoms with Crippen molar-refractivity contribution in [2.24, 2.45) is 0 Å². The number of para-hydroxylation sites is 1. The molecular formula is C20H14N2O2. The largest absolute Gasteiger partial charge is 0.398 e. The van der Waals surface area contributed by atoms with Gasteiger partial charge in [-0.1, -0.05) is 42.5 Å². The smallest absolute Gasteiger partial charge is 0.270 e. The van der Waals surface area contributed by atoms with Crippen molar-refractivity contribution in [1.29, 1.82) is 0 Å². The van der Waals surface area contributed by atoms with Crippen molar-refractivity contribution in [3.63, 3.8) is 0 Å². The Morgan fingerprint density at radius 2 is 1.50 bits per heavy atom. The summed E-state index contributed by atoms with van der Waals surface area (Å²) in [6, 6.07) is 20.6. The highest BCUT2D eigenvalue weighted by Crippen LogP contribution is 2.46. The summed E-state index contributed by atoms with van der Waals surface area (Å²) in [5, 5.41) is 11.2. The molecule has 116 valence electrons. The van der Waals surface area contributed by atoms with Crippen LogP contribution in [0.1, 0.15) is 16.7 Å². The van der Waals surface area contributed by atoms with Crippen molar-refractivity contribution in [3.05, 3.63) is 93.5 Å². The standard InChI is InChI=1S/C20H14N2O2/c21-20-8-4-1-5-13(20)11-18-16-7-3-2-6-15(16)17-10-9-14(22(23)24)12-19(17)18/h1-12H,21H2. The van der Waals surface area contributed by atoms with Crippen LogP contribution in [0.25, 0.3) is 22.8 Å². The molecule has 0 saturated heterocycles. The van der Waals surface area contributed by atoms with Crippen molar-refractivity contribution in [3.8, 4) is 11.1 Å². The van der Waals surface area contributed by atoms with Gasteiger partial charge in [0.05, 0.1) is 4.92 Å². The van der Waals surface area contributed by atoms with Gasteiger partial charge in [-0.3, -0.25) is 10.1 Å². The average molecular weight is 314 g/mol. The van der Waals surface area contributed by atoms with Gasteiger partial charge in [-0.05, 0) is 51.6 Å². The second-order valence-corrected chi connectivity index (χ2v) is 5.72. The SMILES string of the molecule is Nc1ccccc1C=C1c2ccccc2-c2ccc([N+](=O)[O-])cc21. The Labute approximate surface area is 139 Å². The summed E-state index contributed by atoms with van der Waals surface area (Å²) in [6.07, 6.45) is 2.00. The molecule has 0 spiro atoms. The van der Waals surface area contributed by atoms with Crippen molar-refractivity contribution in [2.75, 3.05) is 5.73 Å². The Balaban J connectivity index is 1.99. The molecule has 0 radical (unpaired) electrons. The summed E-state index contributed by atoms with van der Waals surface area (Å²) in [4.78, 5) is 10.8. The first-order chi connectivity index (χ1) is 11.6. The van der Waals surface area contributed by atoms with E-state index in [1.54, 1.807) is 12.1 Å². The van der Waals surface area contributed by atoms with E-state index < -0.39 is 0 Å². The third-order valence-corrected chi connectivity index (χ3v) is 4.31. The Bertz CT molecular complexity index is 1010. The lowest BCUT2D eigenvalue weighted by Gasteiger charge is -2.05. The minimum Gasteiger partial charge on any atom is -0.398 e. The zero-order valence-electron chi connectivity index (χ0n) is 12.8. The number of rotatable bonds is 2. The molecule has 0 aromatic heterocycles. The van der Waals surface area contributed by atoms with Crippen LogP contribution in [0.5, 0.6) is 0 Å². The molecule has 1 aliphatic rings. The van der Waals surface area contributed by atoms with Gasteiger partial charge in [0.25, 0.3) is 5.69 Å². The van der Waals surface area contributed by atoms with Gasteiger partial charge in [0.15, 0.2) is 0 Å². The molecule has 0 aliphatic heterocycles. The monoisotopic (exact) mass is 314 g/mol. The molecule has 0 heterocycles. The van der Waals surface area contributed by atoms with Crippen molar-refractivity contribution in [2.45, 2.75) is 0 Å². The molecule has 3 aromatic rings. The number of nitrogen functional groups attached to an aromatic ring is 1. The number of hydrogen-bond donors (Lipinski definition) is 1. The molecule has 2 N–H and O–H groups in total. The molecule has 0 bridgehead atoms. The highest BCUT2D eigenvalue weighted by Gasteiger charge is 2.25. The molecule has 24 heavy (non-hydrogen) atoms. The van der Waals surface area contributed by atoms with Crippen LogP contribution in [0.2, 0.25) is 0 Å². The van der Waals surface area contributed by atoms with Gasteiger partial charge < -0.3 is 5.73 Å². The maximum absolute atomic E-state index is 11.2. The highest BCUT2D eigenvalue weighted by molar-refractivity contribution is 6.07. The van der Waals surface area contributed by atoms with Crippen molar-refractivity contribution in [1.82, 2.24) is 0 Å². The van der Waals surface area contributed by atoms with E-state index in [1.807, 2.05) is 60.7 Å². The first kappa shape index (κ1) is 14.2. The number of benzene rings is 3.